The van der Waals surface area contributed by atoms with Gasteiger partial charge in [0.1, 0.15) is 11.8 Å². The first kappa shape index (κ1) is 12.6. The number of imidazole rings is 1. The largest absolute Gasteiger partial charge is 0.342 e. The van der Waals surface area contributed by atoms with Gasteiger partial charge in [0.15, 0.2) is 5.65 Å². The van der Waals surface area contributed by atoms with Gasteiger partial charge in [-0.1, -0.05) is 27.7 Å². The zero-order chi connectivity index (χ0) is 11.0. The van der Waals surface area contributed by atoms with Crippen LogP contribution in [0.4, 0.5) is 0 Å². The first-order valence-electron chi connectivity index (χ1n) is 4.98. The lowest BCUT2D eigenvalue weighted by atomic mass is 10.4. The molecule has 0 aromatic carbocycles. The van der Waals surface area contributed by atoms with Crippen molar-refractivity contribution in [3.05, 3.63) is 18.3 Å². The summed E-state index contributed by atoms with van der Waals surface area (Å²) in [5.41, 5.74) is 2.58. The third kappa shape index (κ3) is 2.80. The Morgan fingerprint density at radius 2 is 1.71 bits per heavy atom. The molecule has 2 aromatic heterocycles. The van der Waals surface area contributed by atoms with Gasteiger partial charge >= 0.3 is 0 Å². The highest BCUT2D eigenvalue weighted by Gasteiger charge is 1.98. The summed E-state index contributed by atoms with van der Waals surface area (Å²) in [5, 5.41) is 0. The number of nitrogens with one attached hydrogen (secondary N) is 1. The summed E-state index contributed by atoms with van der Waals surface area (Å²) in [6.07, 6.45) is 3.13. The lowest BCUT2D eigenvalue weighted by Gasteiger charge is -1.89. The molecule has 1 N–H and O–H groups in total. The van der Waals surface area contributed by atoms with Crippen LogP contribution in [0.25, 0.3) is 11.2 Å². The maximum atomic E-state index is 4.00. The average Bonchev–Trinajstić information content (AvgIpc) is 2.73. The lowest BCUT2D eigenvalue weighted by Crippen LogP contribution is -1.84. The molecular weight excluding hydrogens is 176 g/mol. The van der Waals surface area contributed by atoms with Crippen LogP contribution in [0.3, 0.4) is 0 Å². The van der Waals surface area contributed by atoms with Crippen molar-refractivity contribution in [2.24, 2.45) is 0 Å². The highest BCUT2D eigenvalue weighted by Crippen LogP contribution is 2.06. The molecule has 0 atom stereocenters. The van der Waals surface area contributed by atoms with Crippen LogP contribution in [0, 0.1) is 6.92 Å². The first-order valence-corrected chi connectivity index (χ1v) is 4.98. The molecule has 0 amide bonds. The second kappa shape index (κ2) is 7.00. The fraction of sp³-hybridized carbons (Fsp3) is 0.500. The van der Waals surface area contributed by atoms with Gasteiger partial charge in [-0.05, 0) is 6.92 Å². The first-order chi connectivity index (χ1) is 6.88. The number of aromatic nitrogens is 4. The fourth-order valence-corrected chi connectivity index (χ4v) is 0.886. The van der Waals surface area contributed by atoms with Crippen molar-refractivity contribution >= 4 is 11.2 Å². The number of H-pyrrole nitrogens is 1. The van der Waals surface area contributed by atoms with E-state index >= 15 is 0 Å². The summed E-state index contributed by atoms with van der Waals surface area (Å²) < 4.78 is 0. The Balaban J connectivity index is 0. The van der Waals surface area contributed by atoms with E-state index in [1.54, 1.807) is 6.33 Å². The Morgan fingerprint density at radius 3 is 2.29 bits per heavy atom. The molecule has 2 aromatic rings. The van der Waals surface area contributed by atoms with Gasteiger partial charge in [0, 0.05) is 1.43 Å². The molecule has 0 fully saturated rings. The number of rotatable bonds is 0. The molecule has 0 unspecified atom stereocenters. The Morgan fingerprint density at radius 1 is 1.07 bits per heavy atom. The van der Waals surface area contributed by atoms with Crippen LogP contribution in [0.1, 0.15) is 34.8 Å². The molecule has 4 heteroatoms. The van der Waals surface area contributed by atoms with Gasteiger partial charge in [-0.15, -0.1) is 0 Å². The van der Waals surface area contributed by atoms with Crippen molar-refractivity contribution in [1.29, 1.82) is 0 Å². The van der Waals surface area contributed by atoms with Crippen molar-refractivity contribution in [1.82, 2.24) is 19.9 Å². The molecule has 0 radical (unpaired) electrons. The van der Waals surface area contributed by atoms with Gasteiger partial charge in [0.05, 0.1) is 12.0 Å². The third-order valence-corrected chi connectivity index (χ3v) is 1.41. The van der Waals surface area contributed by atoms with E-state index in [1.807, 2.05) is 34.6 Å². The van der Waals surface area contributed by atoms with E-state index in [1.165, 1.54) is 6.33 Å². The normalized spacial score (nSPS) is 8.36. The predicted octanol–water partition coefficient (Wildman–Crippen LogP) is 2.96. The second-order valence-corrected chi connectivity index (χ2v) is 2.06. The minimum Gasteiger partial charge on any atom is -0.342 e. The van der Waals surface area contributed by atoms with Gasteiger partial charge in [0.2, 0.25) is 0 Å². The number of hydrogen-bond donors (Lipinski definition) is 1. The molecule has 80 valence electrons. The standard InChI is InChI=1S/C6H6N4.2C2H6.H2/c1-4-5-6(9-2-7-4)10-3-8-5;2*1-2;/h2-3H,1H3,(H,7,8,9,10);2*1-2H3;1H. The van der Waals surface area contributed by atoms with Crippen LogP contribution >= 0.6 is 0 Å². The molecule has 0 saturated carbocycles. The molecule has 0 aliphatic rings. The van der Waals surface area contributed by atoms with Gasteiger partial charge in [-0.2, -0.15) is 0 Å². The lowest BCUT2D eigenvalue weighted by molar-refractivity contribution is 1.14. The van der Waals surface area contributed by atoms with Crippen molar-refractivity contribution in [3.63, 3.8) is 0 Å². The highest BCUT2D eigenvalue weighted by molar-refractivity contribution is 5.71. The minimum atomic E-state index is 0. The van der Waals surface area contributed by atoms with Crippen molar-refractivity contribution < 1.29 is 1.43 Å². The van der Waals surface area contributed by atoms with E-state index in [4.69, 9.17) is 0 Å². The Kier molecular flexibility index (Phi) is 6.28. The third-order valence-electron chi connectivity index (χ3n) is 1.41. The van der Waals surface area contributed by atoms with E-state index in [2.05, 4.69) is 19.9 Å². The van der Waals surface area contributed by atoms with Gasteiger partial charge < -0.3 is 4.98 Å². The number of fused-ring (bicyclic) bond motifs is 1. The quantitative estimate of drug-likeness (QED) is 0.704. The van der Waals surface area contributed by atoms with Crippen molar-refractivity contribution in [2.45, 2.75) is 34.6 Å². The van der Waals surface area contributed by atoms with Crippen molar-refractivity contribution in [2.75, 3.05) is 0 Å². The molecule has 2 heterocycles. The molecule has 14 heavy (non-hydrogen) atoms. The summed E-state index contributed by atoms with van der Waals surface area (Å²) >= 11 is 0. The number of hydrogen-bond acceptors (Lipinski definition) is 3. The topological polar surface area (TPSA) is 54.5 Å². The summed E-state index contributed by atoms with van der Waals surface area (Å²) in [5.74, 6) is 0. The van der Waals surface area contributed by atoms with E-state index < -0.39 is 0 Å². The molecule has 0 aliphatic carbocycles. The highest BCUT2D eigenvalue weighted by atomic mass is 15.0. The van der Waals surface area contributed by atoms with Crippen molar-refractivity contribution in [3.8, 4) is 0 Å². The fourth-order valence-electron chi connectivity index (χ4n) is 0.886. The van der Waals surface area contributed by atoms with E-state index in [9.17, 15) is 0 Å². The Bertz CT molecular complexity index is 359. The van der Waals surface area contributed by atoms with E-state index in [0.29, 0.717) is 0 Å². The summed E-state index contributed by atoms with van der Waals surface area (Å²) in [7, 11) is 0. The molecule has 0 aliphatic heterocycles. The maximum Gasteiger partial charge on any atom is 0.180 e. The summed E-state index contributed by atoms with van der Waals surface area (Å²) in [6.45, 7) is 9.92. The predicted molar refractivity (Wildman–Crippen MR) is 61.2 cm³/mol. The van der Waals surface area contributed by atoms with Gasteiger partial charge in [0.25, 0.3) is 0 Å². The second-order valence-electron chi connectivity index (χ2n) is 2.06. The minimum absolute atomic E-state index is 0. The van der Waals surface area contributed by atoms with E-state index in [-0.39, 0.29) is 1.43 Å². The smallest absolute Gasteiger partial charge is 0.180 e. The van der Waals surface area contributed by atoms with Crippen LogP contribution in [0.5, 0.6) is 0 Å². The number of aromatic amines is 1. The molecule has 0 spiro atoms. The van der Waals surface area contributed by atoms with Gasteiger partial charge in [-0.3, -0.25) is 0 Å². The molecular formula is C10H20N4. The average molecular weight is 196 g/mol. The van der Waals surface area contributed by atoms with E-state index in [0.717, 1.165) is 16.9 Å². The Labute approximate surface area is 86.3 Å². The SMILES string of the molecule is CC.CC.Cc1ncnc2nc[nH]c12.[HH]. The maximum absolute atomic E-state index is 4.00. The zero-order valence-electron chi connectivity index (χ0n) is 9.50. The van der Waals surface area contributed by atoms with Crippen LogP contribution in [0.2, 0.25) is 0 Å². The van der Waals surface area contributed by atoms with Crippen LogP contribution < -0.4 is 0 Å². The van der Waals surface area contributed by atoms with Crippen LogP contribution in [0.15, 0.2) is 12.7 Å². The van der Waals surface area contributed by atoms with Crippen LogP contribution in [-0.4, -0.2) is 19.9 Å². The van der Waals surface area contributed by atoms with Gasteiger partial charge in [-0.25, -0.2) is 15.0 Å². The molecule has 4 nitrogen and oxygen atoms in total. The summed E-state index contributed by atoms with van der Waals surface area (Å²) in [6, 6.07) is 0. The van der Waals surface area contributed by atoms with Crippen LogP contribution in [-0.2, 0) is 0 Å². The number of nitrogens with zero attached hydrogens (tertiary/aromatic N) is 3. The molecule has 0 saturated heterocycles. The summed E-state index contributed by atoms with van der Waals surface area (Å²) in [4.78, 5) is 14.9. The number of aryl methyl sites for hydroxylation is 1. The molecule has 0 bridgehead atoms. The molecule has 2 rings (SSSR count). The zero-order valence-corrected chi connectivity index (χ0v) is 9.50. The Hall–Kier alpha value is -1.45. The monoisotopic (exact) mass is 196 g/mol.